The normalized spacial score (nSPS) is 11.7. The molecule has 1 N–H and O–H groups in total. The minimum atomic E-state index is -3.73. The van der Waals surface area contributed by atoms with E-state index >= 15 is 0 Å². The molecule has 32 heavy (non-hydrogen) atoms. The number of halogens is 2. The van der Waals surface area contributed by atoms with Crippen molar-refractivity contribution in [3.05, 3.63) is 81.0 Å². The van der Waals surface area contributed by atoms with E-state index in [4.69, 9.17) is 11.6 Å². The van der Waals surface area contributed by atoms with Crippen LogP contribution < -0.4 is 9.73 Å². The highest BCUT2D eigenvalue weighted by Gasteiger charge is 2.22. The van der Waals surface area contributed by atoms with E-state index in [-0.39, 0.29) is 10.7 Å². The molecule has 0 aliphatic carbocycles. The van der Waals surface area contributed by atoms with Crippen LogP contribution in [-0.4, -0.2) is 37.9 Å². The monoisotopic (exact) mass is 536 g/mol. The van der Waals surface area contributed by atoms with Gasteiger partial charge >= 0.3 is 0 Å². The number of carbonyl (C=O) groups excluding carboxylic acids is 1. The third kappa shape index (κ3) is 5.59. The summed E-state index contributed by atoms with van der Waals surface area (Å²) in [6.07, 6.45) is 2.56. The SMILES string of the molecule is Cc1cc(/C=N/NC(=O)CN(c2ccccc2Cl)S(C)(=O)=O)c(C)n1-c1ccc(Br)cc1. The van der Waals surface area contributed by atoms with Crippen LogP contribution >= 0.6 is 27.5 Å². The molecule has 0 unspecified atom stereocenters. The molecule has 1 amide bonds. The third-order valence-electron chi connectivity index (χ3n) is 4.76. The lowest BCUT2D eigenvalue weighted by Crippen LogP contribution is -2.39. The molecule has 3 aromatic rings. The lowest BCUT2D eigenvalue weighted by molar-refractivity contribution is -0.119. The second-order valence-corrected chi connectivity index (χ2v) is 10.4. The largest absolute Gasteiger partial charge is 0.318 e. The first-order chi connectivity index (χ1) is 15.1. The summed E-state index contributed by atoms with van der Waals surface area (Å²) in [6.45, 7) is 3.50. The maximum Gasteiger partial charge on any atom is 0.260 e. The Bertz CT molecular complexity index is 1270. The van der Waals surface area contributed by atoms with Crippen molar-refractivity contribution in [3.63, 3.8) is 0 Å². The molecule has 0 fully saturated rings. The number of aryl methyl sites for hydroxylation is 1. The number of hydrogen-bond acceptors (Lipinski definition) is 4. The molecule has 0 aliphatic heterocycles. The lowest BCUT2D eigenvalue weighted by atomic mass is 10.2. The van der Waals surface area contributed by atoms with Gasteiger partial charge in [-0.05, 0) is 56.3 Å². The van der Waals surface area contributed by atoms with Crippen LogP contribution in [0, 0.1) is 13.8 Å². The minimum Gasteiger partial charge on any atom is -0.318 e. The summed E-state index contributed by atoms with van der Waals surface area (Å²) in [5.74, 6) is -0.590. The number of benzene rings is 2. The van der Waals surface area contributed by atoms with Gasteiger partial charge in [0.2, 0.25) is 10.0 Å². The number of nitrogens with zero attached hydrogens (tertiary/aromatic N) is 3. The molecule has 1 heterocycles. The molecule has 0 atom stereocenters. The Labute approximate surface area is 200 Å². The van der Waals surface area contributed by atoms with E-state index in [1.807, 2.05) is 44.2 Å². The van der Waals surface area contributed by atoms with Gasteiger partial charge in [-0.2, -0.15) is 5.10 Å². The van der Waals surface area contributed by atoms with E-state index in [9.17, 15) is 13.2 Å². The number of hydrogen-bond donors (Lipinski definition) is 1. The number of amides is 1. The molecule has 3 rings (SSSR count). The Hall–Kier alpha value is -2.62. The Kier molecular flexibility index (Phi) is 7.43. The Morgan fingerprint density at radius 1 is 1.19 bits per heavy atom. The molecule has 0 saturated heterocycles. The molecule has 2 aromatic carbocycles. The molecule has 1 aromatic heterocycles. The van der Waals surface area contributed by atoms with Gasteiger partial charge < -0.3 is 4.57 Å². The number of anilines is 1. The highest BCUT2D eigenvalue weighted by Crippen LogP contribution is 2.27. The topological polar surface area (TPSA) is 83.8 Å². The molecule has 7 nitrogen and oxygen atoms in total. The van der Waals surface area contributed by atoms with Crippen molar-refractivity contribution < 1.29 is 13.2 Å². The Morgan fingerprint density at radius 2 is 1.84 bits per heavy atom. The van der Waals surface area contributed by atoms with Gasteiger partial charge in [0.25, 0.3) is 5.91 Å². The molecule has 10 heteroatoms. The summed E-state index contributed by atoms with van der Waals surface area (Å²) < 4.78 is 28.4. The van der Waals surface area contributed by atoms with Crippen molar-refractivity contribution in [1.82, 2.24) is 9.99 Å². The quantitative estimate of drug-likeness (QED) is 0.358. The number of rotatable bonds is 7. The van der Waals surface area contributed by atoms with Crippen LogP contribution in [0.5, 0.6) is 0 Å². The standard InChI is InChI=1S/C22H22BrClN4O3S/c1-15-12-17(16(2)28(15)19-10-8-18(23)9-11-19)13-25-26-22(29)14-27(32(3,30)31)21-7-5-4-6-20(21)24/h4-13H,14H2,1-3H3,(H,26,29)/b25-13+. The van der Waals surface area contributed by atoms with E-state index in [1.165, 1.54) is 12.3 Å². The summed E-state index contributed by atoms with van der Waals surface area (Å²) in [5.41, 5.74) is 6.43. The number of aromatic nitrogens is 1. The van der Waals surface area contributed by atoms with Crippen LogP contribution in [0.4, 0.5) is 5.69 Å². The van der Waals surface area contributed by atoms with E-state index in [1.54, 1.807) is 18.2 Å². The fourth-order valence-corrected chi connectivity index (χ4v) is 4.70. The van der Waals surface area contributed by atoms with Gasteiger partial charge in [-0.1, -0.05) is 39.7 Å². The van der Waals surface area contributed by atoms with Crippen LogP contribution in [0.15, 0.2) is 64.2 Å². The van der Waals surface area contributed by atoms with Crippen LogP contribution in [0.25, 0.3) is 5.69 Å². The average molecular weight is 538 g/mol. The third-order valence-corrected chi connectivity index (χ3v) is 6.73. The first-order valence-electron chi connectivity index (χ1n) is 9.57. The van der Waals surface area contributed by atoms with Crippen molar-refractivity contribution in [3.8, 4) is 5.69 Å². The molecule has 0 bridgehead atoms. The predicted octanol–water partition coefficient (Wildman–Crippen LogP) is 4.43. The molecule has 0 radical (unpaired) electrons. The van der Waals surface area contributed by atoms with E-state index in [2.05, 4.69) is 31.0 Å². The minimum absolute atomic E-state index is 0.230. The van der Waals surface area contributed by atoms with Gasteiger partial charge in [0.05, 0.1) is 23.2 Å². The summed E-state index contributed by atoms with van der Waals surface area (Å²) >= 11 is 9.55. The number of carbonyl (C=O) groups is 1. The zero-order valence-corrected chi connectivity index (χ0v) is 20.9. The summed E-state index contributed by atoms with van der Waals surface area (Å²) in [6, 6.07) is 16.3. The highest BCUT2D eigenvalue weighted by molar-refractivity contribution is 9.10. The second-order valence-electron chi connectivity index (χ2n) is 7.15. The van der Waals surface area contributed by atoms with E-state index < -0.39 is 22.5 Å². The number of para-hydroxylation sites is 1. The molecular formula is C22H22BrClN4O3S. The maximum atomic E-state index is 12.4. The van der Waals surface area contributed by atoms with Gasteiger partial charge in [-0.3, -0.25) is 9.10 Å². The van der Waals surface area contributed by atoms with Gasteiger partial charge in [-0.25, -0.2) is 13.8 Å². The summed E-state index contributed by atoms with van der Waals surface area (Å²) in [7, 11) is -3.73. The van der Waals surface area contributed by atoms with Gasteiger partial charge in [0.1, 0.15) is 6.54 Å². The molecule has 0 spiro atoms. The maximum absolute atomic E-state index is 12.4. The van der Waals surface area contributed by atoms with Crippen molar-refractivity contribution in [2.24, 2.45) is 5.10 Å². The Morgan fingerprint density at radius 3 is 2.47 bits per heavy atom. The van der Waals surface area contributed by atoms with Crippen molar-refractivity contribution in [2.45, 2.75) is 13.8 Å². The molecule has 168 valence electrons. The van der Waals surface area contributed by atoms with E-state index in [0.717, 1.165) is 37.7 Å². The summed E-state index contributed by atoms with van der Waals surface area (Å²) in [5, 5.41) is 4.25. The average Bonchev–Trinajstić information content (AvgIpc) is 3.00. The zero-order chi connectivity index (χ0) is 23.5. The highest BCUT2D eigenvalue weighted by atomic mass is 79.9. The Balaban J connectivity index is 1.74. The smallest absolute Gasteiger partial charge is 0.260 e. The van der Waals surface area contributed by atoms with Crippen molar-refractivity contribution in [1.29, 1.82) is 0 Å². The lowest BCUT2D eigenvalue weighted by Gasteiger charge is -2.22. The number of nitrogens with one attached hydrogen (secondary N) is 1. The fourth-order valence-electron chi connectivity index (χ4n) is 3.28. The number of sulfonamides is 1. The van der Waals surface area contributed by atoms with Crippen LogP contribution in [0.3, 0.4) is 0 Å². The predicted molar refractivity (Wildman–Crippen MR) is 132 cm³/mol. The van der Waals surface area contributed by atoms with E-state index in [0.29, 0.717) is 0 Å². The van der Waals surface area contributed by atoms with Crippen molar-refractivity contribution >= 4 is 55.4 Å². The van der Waals surface area contributed by atoms with Crippen LogP contribution in [0.2, 0.25) is 5.02 Å². The zero-order valence-electron chi connectivity index (χ0n) is 17.7. The second kappa shape index (κ2) is 9.89. The fraction of sp³-hybridized carbons (Fsp3) is 0.182. The van der Waals surface area contributed by atoms with Crippen LogP contribution in [-0.2, 0) is 14.8 Å². The molecular weight excluding hydrogens is 516 g/mol. The van der Waals surface area contributed by atoms with Gasteiger partial charge in [0.15, 0.2) is 0 Å². The summed E-state index contributed by atoms with van der Waals surface area (Å²) in [4.78, 5) is 12.4. The molecule has 0 aliphatic rings. The first-order valence-corrected chi connectivity index (χ1v) is 12.6. The van der Waals surface area contributed by atoms with Gasteiger partial charge in [-0.15, -0.1) is 0 Å². The first kappa shape index (κ1) is 24.0. The van der Waals surface area contributed by atoms with Crippen LogP contribution in [0.1, 0.15) is 17.0 Å². The van der Waals surface area contributed by atoms with Crippen molar-refractivity contribution in [2.75, 3.05) is 17.1 Å². The van der Waals surface area contributed by atoms with Gasteiger partial charge in [0, 0.05) is 27.1 Å². The molecule has 0 saturated carbocycles. The number of hydrazone groups is 1.